The van der Waals surface area contributed by atoms with Gasteiger partial charge in [0.05, 0.1) is 23.7 Å². The van der Waals surface area contributed by atoms with Crippen molar-refractivity contribution >= 4 is 29.6 Å². The third-order valence-electron chi connectivity index (χ3n) is 13.6. The number of primary amides is 1. The molecule has 0 aromatic heterocycles. The van der Waals surface area contributed by atoms with Crippen LogP contribution in [0.5, 0.6) is 0 Å². The predicted octanol–water partition coefficient (Wildman–Crippen LogP) is 6.68. The van der Waals surface area contributed by atoms with Crippen LogP contribution in [0.15, 0.2) is 71.8 Å². The van der Waals surface area contributed by atoms with Crippen LogP contribution in [0.25, 0.3) is 0 Å². The summed E-state index contributed by atoms with van der Waals surface area (Å²) >= 11 is 0. The Balaban J connectivity index is 0.000000785. The number of rotatable bonds is 10. The van der Waals surface area contributed by atoms with Crippen molar-refractivity contribution in [2.45, 2.75) is 149 Å². The quantitative estimate of drug-likeness (QED) is 0.0987. The maximum Gasteiger partial charge on any atom is 0.405 e. The number of hydrogen-bond acceptors (Lipinski definition) is 13. The van der Waals surface area contributed by atoms with Gasteiger partial charge in [0.1, 0.15) is 23.9 Å². The van der Waals surface area contributed by atoms with Gasteiger partial charge in [-0.15, -0.1) is 0 Å². The zero-order chi connectivity index (χ0) is 47.5. The molecule has 2 unspecified atom stereocenters. The highest BCUT2D eigenvalue weighted by Crippen LogP contribution is 2.66. The average Bonchev–Trinajstić information content (AvgIpc) is 3.22. The number of benzene rings is 2. The van der Waals surface area contributed by atoms with Gasteiger partial charge in [-0.25, -0.2) is 9.59 Å². The molecule has 3 aliphatic carbocycles. The van der Waals surface area contributed by atoms with Crippen molar-refractivity contribution in [1.29, 1.82) is 0 Å². The van der Waals surface area contributed by atoms with E-state index in [9.17, 15) is 29.4 Å². The molecule has 3 fully saturated rings. The van der Waals surface area contributed by atoms with Gasteiger partial charge in [-0.05, 0) is 51.3 Å². The Hall–Kier alpha value is -4.47. The van der Waals surface area contributed by atoms with E-state index in [-0.39, 0.29) is 37.4 Å². The fourth-order valence-electron chi connectivity index (χ4n) is 10.6. The van der Waals surface area contributed by atoms with Crippen molar-refractivity contribution in [2.75, 3.05) is 20.8 Å². The Morgan fingerprint density at radius 3 is 1.98 bits per heavy atom. The van der Waals surface area contributed by atoms with E-state index in [0.29, 0.717) is 16.7 Å². The summed E-state index contributed by atoms with van der Waals surface area (Å²) in [5.41, 5.74) is 0.320. The number of hydrogen-bond donors (Lipinski definition) is 3. The van der Waals surface area contributed by atoms with Crippen LogP contribution in [0.4, 0.5) is 4.79 Å². The van der Waals surface area contributed by atoms with Gasteiger partial charge in [-0.2, -0.15) is 0 Å². The van der Waals surface area contributed by atoms with Crippen LogP contribution in [0.3, 0.4) is 0 Å². The van der Waals surface area contributed by atoms with Gasteiger partial charge >= 0.3 is 18.0 Å². The summed E-state index contributed by atoms with van der Waals surface area (Å²) in [4.78, 5) is 66.6. The van der Waals surface area contributed by atoms with E-state index >= 15 is 4.79 Å². The standard InChI is InChI=1S/C42H52O11.C5H11NO2.C2H6/c1-23(26-15-11-9-12-16-26)34(45)38(47)52-30-21-42(48)28(19-29(44)27-17-13-10-14-18-27)36-40(6,37(46)35(50-8)33(24(30)2)39(42,4)5)31(49-7)20-32-41(36,22-51-32)53-25(3)43;1-5(2,3)8-4(6)7;1-2/h9-18,23,28,30-32,34-36,45,48H,19-22H2,1-8H3;1-3H3,(H2,6,7);1-2H3/t23-,28-,30-,31?,32+,34?,35+,36-,40+,41-,42+;;/m0../s1. The number of ketones is 2. The smallest absolute Gasteiger partial charge is 0.405 e. The van der Waals surface area contributed by atoms with Crippen LogP contribution in [0.1, 0.15) is 117 Å². The molecule has 6 rings (SSSR count). The van der Waals surface area contributed by atoms with Gasteiger partial charge in [0.15, 0.2) is 23.3 Å². The molecule has 11 atom stereocenters. The van der Waals surface area contributed by atoms with Crippen LogP contribution < -0.4 is 5.73 Å². The lowest BCUT2D eigenvalue weighted by molar-refractivity contribution is -0.341. The predicted molar refractivity (Wildman–Crippen MR) is 234 cm³/mol. The highest BCUT2D eigenvalue weighted by Gasteiger charge is 2.77. The average molecular weight is 880 g/mol. The summed E-state index contributed by atoms with van der Waals surface area (Å²) < 4.78 is 35.2. The van der Waals surface area contributed by atoms with Crippen molar-refractivity contribution in [2.24, 2.45) is 28.4 Å². The topological polar surface area (TPSA) is 207 Å². The second-order valence-electron chi connectivity index (χ2n) is 18.6. The number of esters is 2. The maximum absolute atomic E-state index is 15.4. The summed E-state index contributed by atoms with van der Waals surface area (Å²) in [6, 6.07) is 17.8. The minimum absolute atomic E-state index is 0.0604. The molecule has 63 heavy (non-hydrogen) atoms. The van der Waals surface area contributed by atoms with Crippen LogP contribution in [-0.4, -0.2) is 108 Å². The first kappa shape index (κ1) is 51.2. The largest absolute Gasteiger partial charge is 0.456 e. The zero-order valence-electron chi connectivity index (χ0n) is 39.2. The van der Waals surface area contributed by atoms with E-state index in [1.165, 1.54) is 21.1 Å². The van der Waals surface area contributed by atoms with Crippen molar-refractivity contribution in [1.82, 2.24) is 0 Å². The first-order valence-electron chi connectivity index (χ1n) is 21.8. The minimum Gasteiger partial charge on any atom is -0.456 e. The van der Waals surface area contributed by atoms with Crippen LogP contribution >= 0.6 is 0 Å². The SMILES string of the molecule is CC.CC(C)(C)OC(N)=O.COC1C[C@H]2OC[C@@]2(OC(C)=O)[C@H]2[C@H](CC(=O)c3ccccc3)[C@]3(O)C[C@H](OC(=O)C(O)[C@@H](C)c4ccccc4)C(C)=C([C@@H](OC)C(=O)[C@]12C)C3(C)C. The number of aliphatic hydroxyl groups excluding tert-OH is 1. The summed E-state index contributed by atoms with van der Waals surface area (Å²) in [5.74, 6) is -4.85. The number of carbonyl (C=O) groups is 5. The number of Topliss-reactive ketones (excluding diaryl/α,β-unsaturated/α-hetero) is 2. The molecule has 2 aromatic carbocycles. The minimum atomic E-state index is -1.89. The second kappa shape index (κ2) is 19.7. The fourth-order valence-corrected chi connectivity index (χ4v) is 10.6. The molecular formula is C49H69NO13. The Morgan fingerprint density at radius 1 is 0.952 bits per heavy atom. The van der Waals surface area contributed by atoms with Crippen LogP contribution in [0, 0.1) is 22.7 Å². The summed E-state index contributed by atoms with van der Waals surface area (Å²) in [7, 11) is 2.92. The van der Waals surface area contributed by atoms with Crippen molar-refractivity contribution in [3.63, 3.8) is 0 Å². The molecule has 1 amide bonds. The summed E-state index contributed by atoms with van der Waals surface area (Å²) in [6.07, 6.45) is -6.29. The monoisotopic (exact) mass is 879 g/mol. The molecule has 14 heteroatoms. The van der Waals surface area contributed by atoms with Gasteiger partial charge < -0.3 is 44.4 Å². The van der Waals surface area contributed by atoms with E-state index in [2.05, 4.69) is 4.74 Å². The molecule has 1 saturated heterocycles. The van der Waals surface area contributed by atoms with E-state index in [1.54, 1.807) is 71.9 Å². The lowest BCUT2D eigenvalue weighted by Gasteiger charge is -2.68. The van der Waals surface area contributed by atoms with Crippen molar-refractivity contribution < 1.29 is 62.6 Å². The normalized spacial score (nSPS) is 31.5. The van der Waals surface area contributed by atoms with Crippen LogP contribution in [0.2, 0.25) is 0 Å². The molecule has 4 aliphatic rings. The van der Waals surface area contributed by atoms with Gasteiger partial charge in [0.2, 0.25) is 0 Å². The van der Waals surface area contributed by atoms with Crippen molar-refractivity contribution in [3.05, 3.63) is 82.9 Å². The van der Waals surface area contributed by atoms with E-state index in [1.807, 2.05) is 58.0 Å². The third kappa shape index (κ3) is 9.66. The molecule has 0 spiro atoms. The number of ether oxygens (including phenoxy) is 6. The fraction of sp³-hybridized carbons (Fsp3) is 0.612. The molecule has 4 N–H and O–H groups in total. The molecular weight excluding hydrogens is 811 g/mol. The molecule has 2 bridgehead atoms. The Bertz CT molecular complexity index is 1990. The van der Waals surface area contributed by atoms with Crippen molar-refractivity contribution in [3.8, 4) is 0 Å². The maximum atomic E-state index is 15.4. The highest BCUT2D eigenvalue weighted by atomic mass is 16.6. The Kier molecular flexibility index (Phi) is 16.0. The number of amides is 1. The number of nitrogens with two attached hydrogens (primary N) is 1. The molecule has 2 aromatic rings. The molecule has 2 saturated carbocycles. The van der Waals surface area contributed by atoms with Gasteiger partial charge in [0, 0.05) is 69.1 Å². The molecule has 1 aliphatic heterocycles. The Morgan fingerprint density at radius 2 is 1.52 bits per heavy atom. The summed E-state index contributed by atoms with van der Waals surface area (Å²) in [6.45, 7) is 19.4. The van der Waals surface area contributed by atoms with E-state index in [4.69, 9.17) is 29.4 Å². The molecule has 348 valence electrons. The lowest BCUT2D eigenvalue weighted by Crippen LogP contribution is -2.80. The zero-order valence-corrected chi connectivity index (χ0v) is 39.2. The molecule has 1 heterocycles. The molecule has 0 radical (unpaired) electrons. The summed E-state index contributed by atoms with van der Waals surface area (Å²) in [5, 5.41) is 24.9. The van der Waals surface area contributed by atoms with E-state index < -0.39 is 93.9 Å². The number of carbonyl (C=O) groups excluding carboxylic acids is 5. The molecule has 14 nitrogen and oxygen atoms in total. The number of fused-ring (bicyclic) bond motifs is 5. The number of methoxy groups -OCH3 is 2. The third-order valence-corrected chi connectivity index (χ3v) is 13.6. The van der Waals surface area contributed by atoms with Crippen LogP contribution in [-0.2, 0) is 42.8 Å². The van der Waals surface area contributed by atoms with Gasteiger partial charge in [-0.1, -0.05) is 95.3 Å². The number of aliphatic hydroxyl groups is 2. The highest BCUT2D eigenvalue weighted by molar-refractivity contribution is 5.97. The second-order valence-corrected chi connectivity index (χ2v) is 18.6. The van der Waals surface area contributed by atoms with Gasteiger partial charge in [0.25, 0.3) is 0 Å². The first-order chi connectivity index (χ1) is 29.4. The van der Waals surface area contributed by atoms with E-state index in [0.717, 1.165) is 5.56 Å². The lowest BCUT2D eigenvalue weighted by atomic mass is 9.41. The first-order valence-corrected chi connectivity index (χ1v) is 21.8. The van der Waals surface area contributed by atoms with Gasteiger partial charge in [-0.3, -0.25) is 14.4 Å². The Labute approximate surface area is 372 Å².